The van der Waals surface area contributed by atoms with E-state index >= 15 is 0 Å². The number of halogens is 4. The Morgan fingerprint density at radius 3 is 1.61 bits per heavy atom. The van der Waals surface area contributed by atoms with E-state index < -0.39 is 48.0 Å². The molecular weight excluding hydrogens is 1070 g/mol. The number of carbonyl (C=O) groups excluding carboxylic acids is 4. The largest absolute Gasteiger partial charge is 0.481 e. The number of fused-ring (bicyclic) bond motifs is 8. The van der Waals surface area contributed by atoms with Gasteiger partial charge in [-0.25, -0.2) is 9.97 Å². The van der Waals surface area contributed by atoms with Crippen molar-refractivity contribution in [2.24, 2.45) is 0 Å². The molecule has 0 aliphatic carbocycles. The maximum absolute atomic E-state index is 12.6. The highest BCUT2D eigenvalue weighted by atomic mass is 79.9. The molecule has 16 nitrogen and oxygen atoms in total. The first-order valence-corrected chi connectivity index (χ1v) is 22.2. The Hall–Kier alpha value is -4.66. The van der Waals surface area contributed by atoms with Gasteiger partial charge in [-0.05, 0) is 138 Å². The second-order valence-corrected chi connectivity index (χ2v) is 17.7. The van der Waals surface area contributed by atoms with E-state index in [0.717, 1.165) is 0 Å². The van der Waals surface area contributed by atoms with Crippen LogP contribution in [-0.2, 0) is 54.1 Å². The van der Waals surface area contributed by atoms with Crippen LogP contribution in [0.4, 0.5) is 0 Å². The molecule has 330 valence electrons. The molecule has 62 heavy (non-hydrogen) atoms. The summed E-state index contributed by atoms with van der Waals surface area (Å²) in [7, 11) is 0. The summed E-state index contributed by atoms with van der Waals surface area (Å²) in [5.41, 5.74) is 7.53. The highest BCUT2D eigenvalue weighted by molar-refractivity contribution is 9.11. The minimum atomic E-state index is -1.16. The number of nitrogens with one attached hydrogen (secondary N) is 2. The zero-order valence-corrected chi connectivity index (χ0v) is 41.1. The summed E-state index contributed by atoms with van der Waals surface area (Å²) in [5.74, 6) is -4.61. The summed E-state index contributed by atoms with van der Waals surface area (Å²) in [6, 6.07) is 0. The van der Waals surface area contributed by atoms with Gasteiger partial charge in [0.1, 0.15) is 13.2 Å². The lowest BCUT2D eigenvalue weighted by Gasteiger charge is -2.20. The molecule has 2 aliphatic rings. The Morgan fingerprint density at radius 1 is 0.565 bits per heavy atom. The quantitative estimate of drug-likeness (QED) is 0.0869. The Kier molecular flexibility index (Phi) is 15.5. The van der Waals surface area contributed by atoms with Crippen LogP contribution in [0.15, 0.2) is 17.9 Å². The van der Waals surface area contributed by atoms with Gasteiger partial charge in [0.05, 0.1) is 62.7 Å². The van der Waals surface area contributed by atoms with Gasteiger partial charge in [0.15, 0.2) is 12.2 Å². The fourth-order valence-electron chi connectivity index (χ4n) is 7.45. The molecule has 5 heterocycles. The van der Waals surface area contributed by atoms with Gasteiger partial charge < -0.3 is 39.1 Å². The van der Waals surface area contributed by atoms with E-state index in [1.165, 1.54) is 27.7 Å². The predicted octanol–water partition coefficient (Wildman–Crippen LogP) is 9.39. The van der Waals surface area contributed by atoms with E-state index in [4.69, 9.17) is 28.9 Å². The Morgan fingerprint density at radius 2 is 1.05 bits per heavy atom. The van der Waals surface area contributed by atoms with Crippen LogP contribution in [-0.4, -0.2) is 85.3 Å². The normalized spacial score (nSPS) is 13.5. The van der Waals surface area contributed by atoms with Crippen molar-refractivity contribution in [1.29, 1.82) is 0 Å². The maximum Gasteiger partial charge on any atom is 0.303 e. The molecule has 0 saturated carbocycles. The van der Waals surface area contributed by atoms with E-state index in [-0.39, 0.29) is 44.6 Å². The van der Waals surface area contributed by atoms with Crippen LogP contribution in [0.3, 0.4) is 0 Å². The van der Waals surface area contributed by atoms with Crippen molar-refractivity contribution in [3.63, 3.8) is 0 Å². The monoisotopic (exact) mass is 1110 g/mol. The molecule has 0 amide bonds. The van der Waals surface area contributed by atoms with Gasteiger partial charge in [-0.1, -0.05) is 0 Å². The first-order chi connectivity index (χ1) is 29.0. The van der Waals surface area contributed by atoms with E-state index in [1.807, 2.05) is 13.8 Å². The Labute approximate surface area is 388 Å². The van der Waals surface area contributed by atoms with E-state index in [1.54, 1.807) is 13.8 Å². The van der Waals surface area contributed by atoms with Gasteiger partial charge in [-0.15, -0.1) is 0 Å². The van der Waals surface area contributed by atoms with Crippen molar-refractivity contribution in [2.75, 3.05) is 13.2 Å². The van der Waals surface area contributed by atoms with E-state index in [0.29, 0.717) is 102 Å². The van der Waals surface area contributed by atoms with Crippen molar-refractivity contribution >= 4 is 144 Å². The van der Waals surface area contributed by atoms with Crippen molar-refractivity contribution in [3.05, 3.63) is 62.9 Å². The average molecular weight is 1110 g/mol. The summed E-state index contributed by atoms with van der Waals surface area (Å²) in [6.45, 7) is 11.3. The minimum absolute atomic E-state index is 0.0827. The minimum Gasteiger partial charge on any atom is -0.481 e. The van der Waals surface area contributed by atoms with Gasteiger partial charge in [0, 0.05) is 51.7 Å². The fraction of sp³-hybridized carbons (Fsp3) is 0.381. The molecule has 0 spiro atoms. The number of allylic oxidation sites excluding steroid dienone is 3. The number of aromatic nitrogens is 4. The zero-order valence-electron chi connectivity index (χ0n) is 34.8. The molecule has 8 bridgehead atoms. The second-order valence-electron chi connectivity index (χ2n) is 14.5. The summed E-state index contributed by atoms with van der Waals surface area (Å²) >= 11 is 15.2. The SMILES string of the molecule is CC(=O)OCC(OC(C)=O)C1=C(C)c2nc1c(Br)c1[nH]c(c(C(COC(C)=O)OC(C)=O)c1C)c(Br)c1[nH]c(c(Br)c3nc(c2Br)C(C)=C3CCC(=O)O)c(CCC(=O)O)c1C. The number of aromatic amines is 2. The number of carbonyl (C=O) groups is 6. The molecular formula is C42H42Br4N4O12. The highest BCUT2D eigenvalue weighted by Crippen LogP contribution is 2.47. The van der Waals surface area contributed by atoms with Crippen LogP contribution in [0.1, 0.15) is 112 Å². The standard InChI is InChI=1S/C42H42Br4N4O12/c1-15-23(9-11-27(55)56)39-34(46)40-24(10-12-28(57)58)16(2)36(48-40)32(44)41-30(26(62-22(8)54)14-60-20(6)52)18(4)38(50-41)33(45)42-29(25(61-21(7)53)13-59-19(5)51)17(3)37(49-42)31(43)35(15)47-39/h25-26,48,50H,9-14H2,1-8H3,(H,55,56)(H,57,58). The van der Waals surface area contributed by atoms with Crippen molar-refractivity contribution < 1.29 is 57.9 Å². The molecule has 2 atom stereocenters. The first-order valence-electron chi connectivity index (χ1n) is 19.0. The molecule has 0 fully saturated rings. The second kappa shape index (κ2) is 19.8. The first kappa shape index (κ1) is 48.4. The Balaban J connectivity index is 2.13. The summed E-state index contributed by atoms with van der Waals surface area (Å²) in [5, 5.41) is 19.6. The van der Waals surface area contributed by atoms with Crippen LogP contribution in [0.2, 0.25) is 0 Å². The third-order valence-corrected chi connectivity index (χ3v) is 13.3. The van der Waals surface area contributed by atoms with Crippen LogP contribution in [0.25, 0.3) is 44.4 Å². The molecule has 0 saturated heterocycles. The van der Waals surface area contributed by atoms with Crippen LogP contribution in [0, 0.1) is 13.8 Å². The molecule has 3 aromatic rings. The molecule has 2 aliphatic heterocycles. The zero-order chi connectivity index (χ0) is 46.1. The van der Waals surface area contributed by atoms with Crippen LogP contribution in [0.5, 0.6) is 0 Å². The molecule has 3 aromatic heterocycles. The van der Waals surface area contributed by atoms with Crippen LogP contribution >= 0.6 is 63.7 Å². The van der Waals surface area contributed by atoms with Crippen molar-refractivity contribution in [1.82, 2.24) is 19.9 Å². The molecule has 4 N–H and O–H groups in total. The number of ether oxygens (including phenoxy) is 4. The molecule has 20 heteroatoms. The lowest BCUT2D eigenvalue weighted by molar-refractivity contribution is -0.156. The third-order valence-electron chi connectivity index (χ3n) is 10.3. The van der Waals surface area contributed by atoms with Gasteiger partial charge in [0.2, 0.25) is 0 Å². The van der Waals surface area contributed by atoms with Gasteiger partial charge in [-0.3, -0.25) is 28.8 Å². The topological polar surface area (TPSA) is 237 Å². The summed E-state index contributed by atoms with van der Waals surface area (Å²) in [6.07, 6.45) is -2.58. The lowest BCUT2D eigenvalue weighted by atomic mass is 9.98. The number of aliphatic carboxylic acids is 2. The van der Waals surface area contributed by atoms with E-state index in [2.05, 4.69) is 73.7 Å². The highest BCUT2D eigenvalue weighted by Gasteiger charge is 2.34. The summed E-state index contributed by atoms with van der Waals surface area (Å²) in [4.78, 5) is 90.6. The van der Waals surface area contributed by atoms with Crippen molar-refractivity contribution in [2.45, 2.75) is 93.3 Å². The average Bonchev–Trinajstić information content (AvgIpc) is 3.91. The number of hydrogen-bond donors (Lipinski definition) is 4. The van der Waals surface area contributed by atoms with Crippen LogP contribution < -0.4 is 0 Å². The lowest BCUT2D eigenvalue weighted by Crippen LogP contribution is -2.25. The molecule has 0 aromatic carbocycles. The van der Waals surface area contributed by atoms with E-state index in [9.17, 15) is 39.0 Å². The number of hydrogen-bond acceptors (Lipinski definition) is 12. The number of rotatable bonds is 14. The number of esters is 4. The number of nitrogens with zero attached hydrogens (tertiary/aromatic N) is 2. The fourth-order valence-corrected chi connectivity index (χ4v) is 10.3. The molecule has 0 radical (unpaired) electrons. The summed E-state index contributed by atoms with van der Waals surface area (Å²) < 4.78 is 24.0. The number of carboxylic acid groups (broad SMARTS) is 2. The predicted molar refractivity (Wildman–Crippen MR) is 242 cm³/mol. The molecule has 5 rings (SSSR count). The Bertz CT molecular complexity index is 2680. The van der Waals surface area contributed by atoms with Gasteiger partial charge >= 0.3 is 35.8 Å². The van der Waals surface area contributed by atoms with Gasteiger partial charge in [-0.2, -0.15) is 0 Å². The van der Waals surface area contributed by atoms with Crippen molar-refractivity contribution in [3.8, 4) is 0 Å². The number of aryl methyl sites for hydroxylation is 3. The number of H-pyrrole nitrogens is 2. The third kappa shape index (κ3) is 10.1. The smallest absolute Gasteiger partial charge is 0.303 e. The number of carboxylic acids is 2. The molecule has 2 unspecified atom stereocenters. The van der Waals surface area contributed by atoms with Gasteiger partial charge in [0.25, 0.3) is 0 Å². The maximum atomic E-state index is 12.6.